The van der Waals surface area contributed by atoms with Crippen molar-refractivity contribution in [3.63, 3.8) is 0 Å². The van der Waals surface area contributed by atoms with Gasteiger partial charge in [0.15, 0.2) is 5.03 Å². The lowest BCUT2D eigenvalue weighted by Crippen LogP contribution is -2.25. The first-order valence-corrected chi connectivity index (χ1v) is 5.19. The number of hydrogen-bond donors (Lipinski definition) is 0. The van der Waals surface area contributed by atoms with Crippen molar-refractivity contribution in [1.29, 1.82) is 0 Å². The van der Waals surface area contributed by atoms with E-state index in [1.165, 1.54) is 32.7 Å². The van der Waals surface area contributed by atoms with Crippen molar-refractivity contribution in [3.8, 4) is 0 Å². The van der Waals surface area contributed by atoms with Gasteiger partial charge in [-0.1, -0.05) is 39.0 Å². The minimum Gasteiger partial charge on any atom is -0.233 e. The Labute approximate surface area is 85.1 Å². The summed E-state index contributed by atoms with van der Waals surface area (Å²) < 4.78 is 0. The van der Waals surface area contributed by atoms with Crippen LogP contribution in [-0.4, -0.2) is 23.9 Å². The van der Waals surface area contributed by atoms with Crippen LogP contribution in [0.2, 0.25) is 0 Å². The number of nitro groups is 1. The summed E-state index contributed by atoms with van der Waals surface area (Å²) in [6, 6.07) is 0. The van der Waals surface area contributed by atoms with Crippen LogP contribution in [-0.2, 0) is 4.84 Å². The first-order chi connectivity index (χ1) is 6.68. The van der Waals surface area contributed by atoms with Gasteiger partial charge < -0.3 is 0 Å². The van der Waals surface area contributed by atoms with Gasteiger partial charge in [-0.05, 0) is 6.42 Å². The molecule has 0 aromatic rings. The molecule has 0 spiro atoms. The number of rotatable bonds is 9. The first kappa shape index (κ1) is 13.2. The maximum Gasteiger partial charge on any atom is 0.186 e. The maximum absolute atomic E-state index is 10.1. The fourth-order valence-electron chi connectivity index (χ4n) is 1.13. The Morgan fingerprint density at radius 1 is 1.21 bits per heavy atom. The molecule has 0 aliphatic rings. The van der Waals surface area contributed by atoms with E-state index in [-0.39, 0.29) is 0 Å². The molecule has 0 aromatic heterocycles. The van der Waals surface area contributed by atoms with Gasteiger partial charge in [0.05, 0.1) is 13.7 Å². The molecule has 0 aliphatic heterocycles. The Kier molecular flexibility index (Phi) is 8.22. The molecule has 0 amide bonds. The highest BCUT2D eigenvalue weighted by atomic mass is 16.8. The normalized spacial score (nSPS) is 10.1. The molecule has 0 rings (SSSR count). The lowest BCUT2D eigenvalue weighted by Gasteiger charge is -2.07. The Morgan fingerprint density at radius 3 is 2.36 bits per heavy atom. The Bertz CT molecular complexity index is 153. The highest BCUT2D eigenvalue weighted by molar-refractivity contribution is 4.42. The molecule has 0 radical (unpaired) electrons. The first-order valence-electron chi connectivity index (χ1n) is 5.19. The predicted molar refractivity (Wildman–Crippen MR) is 54.1 cm³/mol. The van der Waals surface area contributed by atoms with Crippen molar-refractivity contribution in [2.45, 2.75) is 45.4 Å². The summed E-state index contributed by atoms with van der Waals surface area (Å²) >= 11 is 0. The summed E-state index contributed by atoms with van der Waals surface area (Å²) in [6.45, 7) is 2.61. The third kappa shape index (κ3) is 7.79. The lowest BCUT2D eigenvalue weighted by molar-refractivity contribution is -0.726. The molecule has 0 N–H and O–H groups in total. The zero-order chi connectivity index (χ0) is 10.8. The van der Waals surface area contributed by atoms with Crippen LogP contribution in [0.1, 0.15) is 45.4 Å². The highest BCUT2D eigenvalue weighted by Crippen LogP contribution is 2.05. The third-order valence-corrected chi connectivity index (χ3v) is 2.01. The molecule has 0 heterocycles. The van der Waals surface area contributed by atoms with Gasteiger partial charge in [-0.2, -0.15) is 0 Å². The van der Waals surface area contributed by atoms with E-state index in [2.05, 4.69) is 6.92 Å². The smallest absolute Gasteiger partial charge is 0.186 e. The van der Waals surface area contributed by atoms with E-state index >= 15 is 0 Å². The molecular formula is C9H20N2O3. The molecule has 5 nitrogen and oxygen atoms in total. The van der Waals surface area contributed by atoms with Gasteiger partial charge in [-0.15, -0.1) is 0 Å². The van der Waals surface area contributed by atoms with Gasteiger partial charge in [0.1, 0.15) is 0 Å². The van der Waals surface area contributed by atoms with Crippen molar-refractivity contribution in [1.82, 2.24) is 5.17 Å². The van der Waals surface area contributed by atoms with Crippen LogP contribution in [0.3, 0.4) is 0 Å². The van der Waals surface area contributed by atoms with Crippen LogP contribution in [0, 0.1) is 10.1 Å². The molecule has 0 atom stereocenters. The monoisotopic (exact) mass is 204 g/mol. The van der Waals surface area contributed by atoms with E-state index in [0.29, 0.717) is 11.8 Å². The fraction of sp³-hybridized carbons (Fsp3) is 1.00. The van der Waals surface area contributed by atoms with E-state index in [0.717, 1.165) is 12.8 Å². The summed E-state index contributed by atoms with van der Waals surface area (Å²) in [6.07, 6.45) is 6.94. The van der Waals surface area contributed by atoms with Crippen LogP contribution in [0.25, 0.3) is 0 Å². The SMILES string of the molecule is CCCCCCCCON(C)[N+](=O)[O-]. The molecule has 0 fully saturated rings. The predicted octanol–water partition coefficient (Wildman–Crippen LogP) is 2.40. The molecule has 0 saturated heterocycles. The van der Waals surface area contributed by atoms with Gasteiger partial charge in [0, 0.05) is 5.17 Å². The minimum absolute atomic E-state index is 0.434. The number of hydrazine groups is 1. The van der Waals surface area contributed by atoms with E-state index in [1.54, 1.807) is 0 Å². The van der Waals surface area contributed by atoms with E-state index < -0.39 is 5.03 Å². The summed E-state index contributed by atoms with van der Waals surface area (Å²) in [4.78, 5) is 15.0. The fourth-order valence-corrected chi connectivity index (χ4v) is 1.13. The maximum atomic E-state index is 10.1. The van der Waals surface area contributed by atoms with Crippen LogP contribution >= 0.6 is 0 Å². The molecule has 0 aliphatic carbocycles. The Balaban J connectivity index is 3.09. The topological polar surface area (TPSA) is 55.6 Å². The largest absolute Gasteiger partial charge is 0.233 e. The van der Waals surface area contributed by atoms with Crippen molar-refractivity contribution in [2.75, 3.05) is 13.7 Å². The van der Waals surface area contributed by atoms with Gasteiger partial charge >= 0.3 is 0 Å². The standard InChI is InChI=1S/C9H20N2O3/c1-3-4-5-6-7-8-9-14-10(2)11(12)13/h3-9H2,1-2H3. The van der Waals surface area contributed by atoms with Gasteiger partial charge in [-0.25, -0.2) is 15.0 Å². The second kappa shape index (κ2) is 8.74. The van der Waals surface area contributed by atoms with Gasteiger partial charge in [-0.3, -0.25) is 0 Å². The molecule has 0 aromatic carbocycles. The average Bonchev–Trinajstić information content (AvgIpc) is 2.16. The van der Waals surface area contributed by atoms with Crippen molar-refractivity contribution in [3.05, 3.63) is 10.1 Å². The molecule has 14 heavy (non-hydrogen) atoms. The molecule has 5 heteroatoms. The minimum atomic E-state index is -0.572. The quantitative estimate of drug-likeness (QED) is 0.329. The van der Waals surface area contributed by atoms with Crippen LogP contribution in [0.15, 0.2) is 0 Å². The molecule has 84 valence electrons. The third-order valence-electron chi connectivity index (χ3n) is 2.01. The van der Waals surface area contributed by atoms with E-state index in [4.69, 9.17) is 4.84 Å². The van der Waals surface area contributed by atoms with Crippen LogP contribution in [0.5, 0.6) is 0 Å². The van der Waals surface area contributed by atoms with E-state index in [9.17, 15) is 10.1 Å². The molecule has 0 unspecified atom stereocenters. The van der Waals surface area contributed by atoms with Crippen molar-refractivity contribution in [2.24, 2.45) is 0 Å². The Morgan fingerprint density at radius 2 is 1.79 bits per heavy atom. The van der Waals surface area contributed by atoms with Crippen molar-refractivity contribution < 1.29 is 9.87 Å². The number of unbranched alkanes of at least 4 members (excludes halogenated alkanes) is 5. The summed E-state index contributed by atoms with van der Waals surface area (Å²) in [5.41, 5.74) is 0. The molecule has 0 bridgehead atoms. The highest BCUT2D eigenvalue weighted by Gasteiger charge is 2.05. The lowest BCUT2D eigenvalue weighted by atomic mass is 10.1. The van der Waals surface area contributed by atoms with E-state index in [1.807, 2.05) is 0 Å². The summed E-state index contributed by atoms with van der Waals surface area (Å²) in [5.74, 6) is 0. The second-order valence-corrected chi connectivity index (χ2v) is 3.30. The molecular weight excluding hydrogens is 184 g/mol. The number of hydroxylamine groups is 1. The number of nitrogens with zero attached hydrogens (tertiary/aromatic N) is 2. The van der Waals surface area contributed by atoms with Gasteiger partial charge in [0.2, 0.25) is 0 Å². The van der Waals surface area contributed by atoms with Crippen molar-refractivity contribution >= 4 is 0 Å². The zero-order valence-corrected chi connectivity index (χ0v) is 9.07. The van der Waals surface area contributed by atoms with Crippen LogP contribution < -0.4 is 0 Å². The summed E-state index contributed by atoms with van der Waals surface area (Å²) in [7, 11) is 1.30. The second-order valence-electron chi connectivity index (χ2n) is 3.30. The summed E-state index contributed by atoms with van der Waals surface area (Å²) in [5, 5.41) is 10.2. The molecule has 0 saturated carbocycles. The van der Waals surface area contributed by atoms with Gasteiger partial charge in [0.25, 0.3) is 0 Å². The van der Waals surface area contributed by atoms with Crippen LogP contribution in [0.4, 0.5) is 0 Å². The zero-order valence-electron chi connectivity index (χ0n) is 9.07. The number of hydrogen-bond acceptors (Lipinski definition) is 3. The average molecular weight is 204 g/mol. The Hall–Kier alpha value is -0.840.